The fourth-order valence-electron chi connectivity index (χ4n) is 2.36. The Morgan fingerprint density at radius 2 is 1.81 bits per heavy atom. The monoisotopic (exact) mass is 276 g/mol. The van der Waals surface area contributed by atoms with E-state index in [4.69, 9.17) is 10.2 Å². The highest BCUT2D eigenvalue weighted by Crippen LogP contribution is 2.29. The fraction of sp³-hybridized carbons (Fsp3) is 0. The molecule has 0 aliphatic heterocycles. The van der Waals surface area contributed by atoms with Gasteiger partial charge in [0.1, 0.15) is 0 Å². The third-order valence-corrected chi connectivity index (χ3v) is 3.40. The Hall–Kier alpha value is -3.08. The van der Waals surface area contributed by atoms with E-state index in [1.807, 2.05) is 48.5 Å². The van der Waals surface area contributed by atoms with Crippen molar-refractivity contribution in [1.29, 1.82) is 0 Å². The molecular weight excluding hydrogens is 264 g/mol. The molecule has 4 rings (SSSR count). The molecule has 5 heteroatoms. The number of rotatable bonds is 2. The van der Waals surface area contributed by atoms with Crippen LogP contribution in [0.4, 0.5) is 5.69 Å². The van der Waals surface area contributed by atoms with Gasteiger partial charge in [0.15, 0.2) is 17.4 Å². The Morgan fingerprint density at radius 3 is 2.57 bits per heavy atom. The van der Waals surface area contributed by atoms with Crippen LogP contribution in [0.15, 0.2) is 59.2 Å². The summed E-state index contributed by atoms with van der Waals surface area (Å²) in [5.41, 5.74) is 7.59. The van der Waals surface area contributed by atoms with Crippen LogP contribution in [-0.4, -0.2) is 15.2 Å². The number of furan rings is 1. The molecule has 0 aliphatic carbocycles. The second-order valence-electron chi connectivity index (χ2n) is 4.77. The predicted octanol–water partition coefficient (Wildman–Crippen LogP) is 3.47. The number of nitrogens with one attached hydrogen (secondary N) is 1. The second kappa shape index (κ2) is 4.49. The van der Waals surface area contributed by atoms with Crippen molar-refractivity contribution < 1.29 is 4.42 Å². The Morgan fingerprint density at radius 1 is 1.00 bits per heavy atom. The quantitative estimate of drug-likeness (QED) is 0.549. The average molecular weight is 276 g/mol. The third-order valence-electron chi connectivity index (χ3n) is 3.40. The molecule has 0 spiro atoms. The number of benzene rings is 2. The van der Waals surface area contributed by atoms with Crippen molar-refractivity contribution in [2.24, 2.45) is 0 Å². The number of hydrogen-bond acceptors (Lipinski definition) is 4. The lowest BCUT2D eigenvalue weighted by atomic mass is 10.0. The van der Waals surface area contributed by atoms with Gasteiger partial charge in [0, 0.05) is 11.3 Å². The zero-order chi connectivity index (χ0) is 14.2. The first-order chi connectivity index (χ1) is 10.3. The average Bonchev–Trinajstić information content (AvgIpc) is 3.17. The maximum absolute atomic E-state index is 6.13. The number of anilines is 1. The maximum atomic E-state index is 6.13. The van der Waals surface area contributed by atoms with Gasteiger partial charge >= 0.3 is 0 Å². The van der Waals surface area contributed by atoms with Gasteiger partial charge in [0.05, 0.1) is 6.26 Å². The molecule has 2 aromatic heterocycles. The van der Waals surface area contributed by atoms with Crippen molar-refractivity contribution in [3.63, 3.8) is 0 Å². The van der Waals surface area contributed by atoms with Crippen LogP contribution in [0.1, 0.15) is 0 Å². The summed E-state index contributed by atoms with van der Waals surface area (Å²) in [7, 11) is 0. The topological polar surface area (TPSA) is 80.7 Å². The molecule has 0 aliphatic rings. The van der Waals surface area contributed by atoms with Gasteiger partial charge < -0.3 is 10.2 Å². The van der Waals surface area contributed by atoms with E-state index in [9.17, 15) is 0 Å². The van der Waals surface area contributed by atoms with Crippen molar-refractivity contribution in [3.8, 4) is 23.0 Å². The summed E-state index contributed by atoms with van der Waals surface area (Å²) in [6.07, 6.45) is 1.60. The first-order valence-electron chi connectivity index (χ1n) is 6.56. The van der Waals surface area contributed by atoms with Gasteiger partial charge in [0.2, 0.25) is 0 Å². The van der Waals surface area contributed by atoms with Gasteiger partial charge in [-0.1, -0.05) is 24.3 Å². The summed E-state index contributed by atoms with van der Waals surface area (Å²) in [6, 6.07) is 15.6. The highest BCUT2D eigenvalue weighted by atomic mass is 16.3. The Labute approximate surface area is 120 Å². The molecule has 0 amide bonds. The van der Waals surface area contributed by atoms with E-state index in [-0.39, 0.29) is 0 Å². The first-order valence-corrected chi connectivity index (χ1v) is 6.56. The number of aromatic amines is 1. The van der Waals surface area contributed by atoms with Crippen LogP contribution in [0, 0.1) is 0 Å². The summed E-state index contributed by atoms with van der Waals surface area (Å²) >= 11 is 0. The van der Waals surface area contributed by atoms with Gasteiger partial charge in [0.25, 0.3) is 0 Å². The third kappa shape index (κ3) is 1.95. The molecule has 3 N–H and O–H groups in total. The largest absolute Gasteiger partial charge is 0.461 e. The number of nitrogens with zero attached hydrogens (tertiary/aromatic N) is 2. The van der Waals surface area contributed by atoms with Crippen molar-refractivity contribution >= 4 is 16.5 Å². The molecular formula is C16H12N4O. The molecule has 0 saturated heterocycles. The summed E-state index contributed by atoms with van der Waals surface area (Å²) in [4.78, 5) is 4.45. The molecule has 0 atom stereocenters. The number of H-pyrrole nitrogens is 1. The Kier molecular flexibility index (Phi) is 2.50. The molecule has 21 heavy (non-hydrogen) atoms. The summed E-state index contributed by atoms with van der Waals surface area (Å²) in [5.74, 6) is 1.79. The molecule has 0 fully saturated rings. The van der Waals surface area contributed by atoms with Gasteiger partial charge in [-0.05, 0) is 35.0 Å². The lowest BCUT2D eigenvalue weighted by molar-refractivity contribution is 0.577. The zero-order valence-corrected chi connectivity index (χ0v) is 11.1. The van der Waals surface area contributed by atoms with Crippen LogP contribution < -0.4 is 5.73 Å². The van der Waals surface area contributed by atoms with Crippen molar-refractivity contribution in [1.82, 2.24) is 15.2 Å². The van der Waals surface area contributed by atoms with E-state index in [1.54, 1.807) is 6.26 Å². The van der Waals surface area contributed by atoms with E-state index in [0.29, 0.717) is 23.1 Å². The molecule has 0 unspecified atom stereocenters. The van der Waals surface area contributed by atoms with Gasteiger partial charge in [-0.3, -0.25) is 5.10 Å². The summed E-state index contributed by atoms with van der Waals surface area (Å²) in [5, 5.41) is 9.31. The molecule has 0 saturated carbocycles. The van der Waals surface area contributed by atoms with Gasteiger partial charge in [-0.15, -0.1) is 0 Å². The second-order valence-corrected chi connectivity index (χ2v) is 4.77. The normalized spacial score (nSPS) is 11.0. The van der Waals surface area contributed by atoms with E-state index in [2.05, 4.69) is 15.2 Å². The lowest BCUT2D eigenvalue weighted by Crippen LogP contribution is -1.92. The van der Waals surface area contributed by atoms with E-state index < -0.39 is 0 Å². The van der Waals surface area contributed by atoms with Crippen LogP contribution >= 0.6 is 0 Å². The molecule has 0 bridgehead atoms. The predicted molar refractivity (Wildman–Crippen MR) is 81.4 cm³/mol. The highest BCUT2D eigenvalue weighted by molar-refractivity contribution is 5.92. The van der Waals surface area contributed by atoms with E-state index in [0.717, 1.165) is 16.3 Å². The summed E-state index contributed by atoms with van der Waals surface area (Å²) in [6.45, 7) is 0. The smallest absolute Gasteiger partial charge is 0.192 e. The molecule has 2 aromatic carbocycles. The van der Waals surface area contributed by atoms with Gasteiger partial charge in [-0.2, -0.15) is 5.10 Å². The first kappa shape index (κ1) is 11.7. The van der Waals surface area contributed by atoms with Crippen molar-refractivity contribution in [3.05, 3.63) is 54.8 Å². The molecule has 4 aromatic rings. The number of nitrogens with two attached hydrogens (primary N) is 1. The minimum absolute atomic E-state index is 0.560. The number of aromatic nitrogens is 3. The highest BCUT2D eigenvalue weighted by Gasteiger charge is 2.12. The molecule has 0 radical (unpaired) electrons. The van der Waals surface area contributed by atoms with Crippen molar-refractivity contribution in [2.75, 3.05) is 5.73 Å². The van der Waals surface area contributed by atoms with E-state index >= 15 is 0 Å². The fourth-order valence-corrected chi connectivity index (χ4v) is 2.36. The van der Waals surface area contributed by atoms with Crippen molar-refractivity contribution in [2.45, 2.75) is 0 Å². The number of fused-ring (bicyclic) bond motifs is 1. The van der Waals surface area contributed by atoms with Crippen LogP contribution in [0.3, 0.4) is 0 Å². The minimum atomic E-state index is 0.560. The Bertz CT molecular complexity index is 909. The van der Waals surface area contributed by atoms with E-state index in [1.165, 1.54) is 0 Å². The Balaban J connectivity index is 1.85. The summed E-state index contributed by atoms with van der Waals surface area (Å²) < 4.78 is 5.30. The number of nitrogen functional groups attached to an aromatic ring is 1. The lowest BCUT2D eigenvalue weighted by Gasteiger charge is -2.04. The van der Waals surface area contributed by atoms with Crippen LogP contribution in [0.5, 0.6) is 0 Å². The van der Waals surface area contributed by atoms with Gasteiger partial charge in [-0.25, -0.2) is 4.98 Å². The maximum Gasteiger partial charge on any atom is 0.192 e. The molecule has 5 nitrogen and oxygen atoms in total. The molecule has 102 valence electrons. The zero-order valence-electron chi connectivity index (χ0n) is 11.1. The minimum Gasteiger partial charge on any atom is -0.461 e. The van der Waals surface area contributed by atoms with Crippen LogP contribution in [0.25, 0.3) is 33.7 Å². The standard InChI is InChI=1S/C16H12N4O/c17-13-9-11-5-2-1-4-10(11)8-12(13)15-18-16(20-19-15)14-6-3-7-21-14/h1-9H,17H2,(H,18,19,20). The van der Waals surface area contributed by atoms with Crippen LogP contribution in [0.2, 0.25) is 0 Å². The molecule has 2 heterocycles. The SMILES string of the molecule is Nc1cc2ccccc2cc1-c1n[nH]c(-c2ccco2)n1. The van der Waals surface area contributed by atoms with Crippen LogP contribution in [-0.2, 0) is 0 Å². The number of hydrogen-bond donors (Lipinski definition) is 2.